The highest BCUT2D eigenvalue weighted by Crippen LogP contribution is 2.27. The van der Waals surface area contributed by atoms with Crippen LogP contribution in [0.5, 0.6) is 5.75 Å². The van der Waals surface area contributed by atoms with Crippen LogP contribution in [-0.4, -0.2) is 37.3 Å². The van der Waals surface area contributed by atoms with Crippen LogP contribution in [0.3, 0.4) is 0 Å². The fourth-order valence-electron chi connectivity index (χ4n) is 2.78. The Morgan fingerprint density at radius 2 is 1.97 bits per heavy atom. The number of anilines is 1. The predicted molar refractivity (Wildman–Crippen MR) is 112 cm³/mol. The molecule has 0 radical (unpaired) electrons. The van der Waals surface area contributed by atoms with Gasteiger partial charge in [-0.3, -0.25) is 4.79 Å². The number of nitrogens with zero attached hydrogens (tertiary/aromatic N) is 2. The van der Waals surface area contributed by atoms with Gasteiger partial charge in [-0.25, -0.2) is 14.7 Å². The third-order valence-corrected chi connectivity index (χ3v) is 5.16. The second-order valence-electron chi connectivity index (χ2n) is 6.15. The molecule has 0 unspecified atom stereocenters. The van der Waals surface area contributed by atoms with E-state index >= 15 is 0 Å². The van der Waals surface area contributed by atoms with Crippen molar-refractivity contribution >= 4 is 39.2 Å². The lowest BCUT2D eigenvalue weighted by molar-refractivity contribution is -0.122. The summed E-state index contributed by atoms with van der Waals surface area (Å²) in [4.78, 5) is 30.1. The fraction of sp³-hybridized carbons (Fsp3) is 0.286. The molecule has 0 atom stereocenters. The minimum Gasteiger partial charge on any atom is -0.486 e. The topological polar surface area (TPSA) is 78.0 Å². The highest BCUT2D eigenvalue weighted by Gasteiger charge is 2.26. The Labute approximate surface area is 172 Å². The Kier molecular flexibility index (Phi) is 6.79. The smallest absolute Gasteiger partial charge is 0.421 e. The number of aromatic nitrogens is 1. The van der Waals surface area contributed by atoms with E-state index in [0.29, 0.717) is 30.2 Å². The predicted octanol–water partition coefficient (Wildman–Crippen LogP) is 4.32. The molecule has 0 spiro atoms. The molecular weight excluding hydrogens is 392 g/mol. The van der Waals surface area contributed by atoms with Crippen LogP contribution in [0, 0.1) is 6.92 Å². The van der Waals surface area contributed by atoms with Gasteiger partial charge in [-0.05, 0) is 49.7 Å². The fourth-order valence-corrected chi connectivity index (χ4v) is 3.66. The van der Waals surface area contributed by atoms with Crippen molar-refractivity contribution in [3.8, 4) is 5.75 Å². The molecule has 2 amide bonds. The number of thiazole rings is 1. The summed E-state index contributed by atoms with van der Waals surface area (Å²) in [6.07, 6.45) is -0.763. The first-order valence-electron chi connectivity index (χ1n) is 9.10. The molecule has 3 rings (SSSR count). The number of ether oxygens (including phenoxy) is 3. The summed E-state index contributed by atoms with van der Waals surface area (Å²) in [7, 11) is 1.23. The number of methoxy groups -OCH3 is 1. The molecule has 3 aromatic rings. The number of carbonyl (C=O) groups excluding carboxylic acids is 2. The van der Waals surface area contributed by atoms with Gasteiger partial charge in [0.1, 0.15) is 24.0 Å². The van der Waals surface area contributed by atoms with Crippen LogP contribution in [0.15, 0.2) is 42.5 Å². The molecule has 0 fully saturated rings. The molecule has 152 valence electrons. The second kappa shape index (κ2) is 9.49. The van der Waals surface area contributed by atoms with Gasteiger partial charge in [-0.1, -0.05) is 12.1 Å². The van der Waals surface area contributed by atoms with E-state index in [0.717, 1.165) is 20.1 Å². The van der Waals surface area contributed by atoms with E-state index in [1.54, 1.807) is 43.4 Å². The van der Waals surface area contributed by atoms with Crippen LogP contribution in [0.25, 0.3) is 10.2 Å². The van der Waals surface area contributed by atoms with E-state index in [9.17, 15) is 9.59 Å². The number of para-hydroxylation sites is 1. The molecular formula is C21H22N2O5S. The van der Waals surface area contributed by atoms with Crippen molar-refractivity contribution in [1.82, 2.24) is 4.98 Å². The van der Waals surface area contributed by atoms with Crippen LogP contribution in [0.4, 0.5) is 10.5 Å². The van der Waals surface area contributed by atoms with Gasteiger partial charge in [0.25, 0.3) is 5.91 Å². The molecule has 0 saturated carbocycles. The van der Waals surface area contributed by atoms with Gasteiger partial charge in [0.05, 0.1) is 23.0 Å². The van der Waals surface area contributed by atoms with Crippen LogP contribution < -0.4 is 9.64 Å². The van der Waals surface area contributed by atoms with E-state index in [4.69, 9.17) is 14.2 Å². The quantitative estimate of drug-likeness (QED) is 0.573. The zero-order valence-corrected chi connectivity index (χ0v) is 17.3. The third kappa shape index (κ3) is 4.90. The summed E-state index contributed by atoms with van der Waals surface area (Å²) >= 11 is 1.58. The molecule has 8 heteroatoms. The van der Waals surface area contributed by atoms with Crippen molar-refractivity contribution in [2.24, 2.45) is 0 Å². The number of rotatable bonds is 7. The Bertz CT molecular complexity index is 984. The van der Waals surface area contributed by atoms with Gasteiger partial charge < -0.3 is 14.2 Å². The Morgan fingerprint density at radius 1 is 1.17 bits per heavy atom. The Hall–Kier alpha value is -2.97. The minimum atomic E-state index is -0.763. The standard InChI is InChI=1S/C21H22N2O5S/c1-4-27-13-20(24)23(21(25)26-3)17-10-9-15(11-14(17)2)28-12-19-22-16-7-5-6-8-18(16)29-19/h5-11H,4,12-13H2,1-3H3. The number of fused-ring (bicyclic) bond motifs is 1. The van der Waals surface area contributed by atoms with Crippen molar-refractivity contribution in [3.63, 3.8) is 0 Å². The maximum absolute atomic E-state index is 12.4. The Balaban J connectivity index is 1.75. The molecule has 0 saturated heterocycles. The summed E-state index contributed by atoms with van der Waals surface area (Å²) in [6.45, 7) is 4.07. The van der Waals surface area contributed by atoms with Gasteiger partial charge in [0, 0.05) is 6.61 Å². The summed E-state index contributed by atoms with van der Waals surface area (Å²) in [5.41, 5.74) is 2.07. The van der Waals surface area contributed by atoms with E-state index < -0.39 is 12.0 Å². The van der Waals surface area contributed by atoms with Crippen LogP contribution >= 0.6 is 11.3 Å². The molecule has 0 aliphatic carbocycles. The average molecular weight is 414 g/mol. The molecule has 2 aromatic carbocycles. The molecule has 0 bridgehead atoms. The third-order valence-electron chi connectivity index (χ3n) is 4.15. The van der Waals surface area contributed by atoms with Crippen molar-refractivity contribution in [2.75, 3.05) is 25.2 Å². The molecule has 29 heavy (non-hydrogen) atoms. The van der Waals surface area contributed by atoms with Crippen molar-refractivity contribution in [2.45, 2.75) is 20.5 Å². The van der Waals surface area contributed by atoms with Crippen molar-refractivity contribution in [1.29, 1.82) is 0 Å². The van der Waals surface area contributed by atoms with Crippen LogP contribution in [0.2, 0.25) is 0 Å². The summed E-state index contributed by atoms with van der Waals surface area (Å²) in [5.74, 6) is 0.123. The summed E-state index contributed by atoms with van der Waals surface area (Å²) in [5, 5.41) is 0.871. The first-order valence-corrected chi connectivity index (χ1v) is 9.91. The number of imide groups is 1. The van der Waals surface area contributed by atoms with E-state index in [-0.39, 0.29) is 6.61 Å². The Morgan fingerprint density at radius 3 is 2.66 bits per heavy atom. The van der Waals surface area contributed by atoms with Crippen molar-refractivity contribution < 1.29 is 23.8 Å². The maximum Gasteiger partial charge on any atom is 0.421 e. The molecule has 1 heterocycles. The van der Waals surface area contributed by atoms with E-state index in [1.165, 1.54) is 7.11 Å². The molecule has 0 aliphatic rings. The zero-order valence-electron chi connectivity index (χ0n) is 16.5. The number of aryl methyl sites for hydroxylation is 1. The maximum atomic E-state index is 12.4. The van der Waals surface area contributed by atoms with E-state index in [1.807, 2.05) is 24.3 Å². The first kappa shape index (κ1) is 20.8. The largest absolute Gasteiger partial charge is 0.486 e. The molecule has 7 nitrogen and oxygen atoms in total. The lowest BCUT2D eigenvalue weighted by atomic mass is 10.1. The van der Waals surface area contributed by atoms with E-state index in [2.05, 4.69) is 4.98 Å². The van der Waals surface area contributed by atoms with Gasteiger partial charge >= 0.3 is 6.09 Å². The summed E-state index contributed by atoms with van der Waals surface area (Å²) in [6, 6.07) is 13.1. The van der Waals surface area contributed by atoms with Crippen LogP contribution in [0.1, 0.15) is 17.5 Å². The van der Waals surface area contributed by atoms with Gasteiger partial charge in [-0.15, -0.1) is 11.3 Å². The first-order chi connectivity index (χ1) is 14.0. The monoisotopic (exact) mass is 414 g/mol. The number of hydrogen-bond acceptors (Lipinski definition) is 7. The number of carbonyl (C=O) groups is 2. The number of hydrogen-bond donors (Lipinski definition) is 0. The highest BCUT2D eigenvalue weighted by atomic mass is 32.1. The van der Waals surface area contributed by atoms with Gasteiger partial charge in [0.15, 0.2) is 0 Å². The van der Waals surface area contributed by atoms with Crippen molar-refractivity contribution in [3.05, 3.63) is 53.0 Å². The number of benzene rings is 2. The zero-order chi connectivity index (χ0) is 20.8. The van der Waals surface area contributed by atoms with Gasteiger partial charge in [-0.2, -0.15) is 0 Å². The van der Waals surface area contributed by atoms with Gasteiger partial charge in [0.2, 0.25) is 0 Å². The van der Waals surface area contributed by atoms with Crippen LogP contribution in [-0.2, 0) is 20.9 Å². The average Bonchev–Trinajstić information content (AvgIpc) is 3.15. The normalized spacial score (nSPS) is 10.7. The highest BCUT2D eigenvalue weighted by molar-refractivity contribution is 7.18. The summed E-state index contributed by atoms with van der Waals surface area (Å²) < 4.78 is 16.9. The lowest BCUT2D eigenvalue weighted by Gasteiger charge is -2.21. The molecule has 1 aromatic heterocycles. The second-order valence-corrected chi connectivity index (χ2v) is 7.26. The minimum absolute atomic E-state index is 0.207. The molecule has 0 aliphatic heterocycles. The molecule has 0 N–H and O–H groups in total. The SMILES string of the molecule is CCOCC(=O)N(C(=O)OC)c1ccc(OCc2nc3ccccc3s2)cc1C. The lowest BCUT2D eigenvalue weighted by Crippen LogP contribution is -2.39. The number of amides is 2.